The van der Waals surface area contributed by atoms with E-state index in [2.05, 4.69) is 13.0 Å². The van der Waals surface area contributed by atoms with Crippen molar-refractivity contribution in [1.29, 1.82) is 0 Å². The molecule has 2 aliphatic rings. The van der Waals surface area contributed by atoms with E-state index in [1.165, 1.54) is 12.8 Å². The minimum Gasteiger partial charge on any atom is -0.489 e. The smallest absolute Gasteiger partial charge is 0.138 e. The molecule has 1 atom stereocenters. The van der Waals surface area contributed by atoms with Gasteiger partial charge >= 0.3 is 0 Å². The molecule has 2 aliphatic carbocycles. The lowest BCUT2D eigenvalue weighted by Crippen LogP contribution is -2.07. The van der Waals surface area contributed by atoms with Crippen LogP contribution in [0.2, 0.25) is 0 Å². The van der Waals surface area contributed by atoms with E-state index in [9.17, 15) is 0 Å². The predicted molar refractivity (Wildman–Crippen MR) is 52.9 cm³/mol. The molecule has 0 aliphatic heterocycles. The standard InChI is InChI=1S/C11H17NO/c1-8-3-2-4-11(10(12)7-8)13-9-5-6-9/h2,4,8-9H,3,5-7,12H2,1H3. The highest BCUT2D eigenvalue weighted by Crippen LogP contribution is 2.29. The van der Waals surface area contributed by atoms with E-state index >= 15 is 0 Å². The number of allylic oxidation sites excluding steroid dienone is 3. The van der Waals surface area contributed by atoms with Gasteiger partial charge in [-0.15, -0.1) is 0 Å². The van der Waals surface area contributed by atoms with Crippen LogP contribution in [-0.4, -0.2) is 6.10 Å². The van der Waals surface area contributed by atoms with Crippen molar-refractivity contribution in [1.82, 2.24) is 0 Å². The maximum Gasteiger partial charge on any atom is 0.138 e. The first-order valence-electron chi connectivity index (χ1n) is 5.07. The van der Waals surface area contributed by atoms with Gasteiger partial charge in [0.05, 0.1) is 11.8 Å². The fraction of sp³-hybridized carbons (Fsp3) is 0.636. The third-order valence-electron chi connectivity index (χ3n) is 2.51. The number of hydrogen-bond acceptors (Lipinski definition) is 2. The van der Waals surface area contributed by atoms with Crippen molar-refractivity contribution in [3.05, 3.63) is 23.6 Å². The number of nitrogens with two attached hydrogens (primary N) is 1. The first-order chi connectivity index (χ1) is 6.25. The predicted octanol–water partition coefficient (Wildman–Crippen LogP) is 2.32. The lowest BCUT2D eigenvalue weighted by atomic mass is 10.0. The number of hydrogen-bond donors (Lipinski definition) is 1. The summed E-state index contributed by atoms with van der Waals surface area (Å²) in [6.45, 7) is 2.22. The van der Waals surface area contributed by atoms with E-state index in [-0.39, 0.29) is 0 Å². The van der Waals surface area contributed by atoms with Gasteiger partial charge in [-0.3, -0.25) is 0 Å². The largest absolute Gasteiger partial charge is 0.489 e. The summed E-state index contributed by atoms with van der Waals surface area (Å²) < 4.78 is 5.71. The highest BCUT2D eigenvalue weighted by atomic mass is 16.5. The van der Waals surface area contributed by atoms with Crippen molar-refractivity contribution < 1.29 is 4.74 Å². The van der Waals surface area contributed by atoms with Gasteiger partial charge in [-0.25, -0.2) is 0 Å². The molecule has 1 saturated carbocycles. The Morgan fingerprint density at radius 2 is 2.23 bits per heavy atom. The van der Waals surface area contributed by atoms with Crippen LogP contribution < -0.4 is 5.73 Å². The molecule has 13 heavy (non-hydrogen) atoms. The zero-order chi connectivity index (χ0) is 9.26. The lowest BCUT2D eigenvalue weighted by Gasteiger charge is -2.10. The van der Waals surface area contributed by atoms with Crippen LogP contribution in [0.3, 0.4) is 0 Å². The van der Waals surface area contributed by atoms with Crippen LogP contribution in [0.15, 0.2) is 23.6 Å². The van der Waals surface area contributed by atoms with Crippen molar-refractivity contribution in [3.8, 4) is 0 Å². The maximum atomic E-state index is 5.95. The van der Waals surface area contributed by atoms with Gasteiger partial charge in [0.1, 0.15) is 5.76 Å². The molecule has 2 nitrogen and oxygen atoms in total. The summed E-state index contributed by atoms with van der Waals surface area (Å²) in [7, 11) is 0. The third-order valence-corrected chi connectivity index (χ3v) is 2.51. The molecular weight excluding hydrogens is 162 g/mol. The van der Waals surface area contributed by atoms with E-state index in [0.717, 1.165) is 24.3 Å². The molecule has 0 aromatic heterocycles. The fourth-order valence-electron chi connectivity index (χ4n) is 1.55. The molecule has 1 unspecified atom stereocenters. The molecule has 0 spiro atoms. The summed E-state index contributed by atoms with van der Waals surface area (Å²) in [6, 6.07) is 0. The van der Waals surface area contributed by atoms with Gasteiger partial charge in [0.25, 0.3) is 0 Å². The van der Waals surface area contributed by atoms with Crippen molar-refractivity contribution >= 4 is 0 Å². The lowest BCUT2D eigenvalue weighted by molar-refractivity contribution is 0.204. The molecule has 2 N–H and O–H groups in total. The molecule has 1 fully saturated rings. The normalized spacial score (nSPS) is 28.8. The van der Waals surface area contributed by atoms with Crippen LogP contribution in [-0.2, 0) is 4.74 Å². The third kappa shape index (κ3) is 2.27. The molecule has 0 aromatic carbocycles. The molecule has 0 radical (unpaired) electrons. The molecule has 2 rings (SSSR count). The van der Waals surface area contributed by atoms with E-state index in [1.54, 1.807) is 0 Å². The van der Waals surface area contributed by atoms with Crippen LogP contribution in [0, 0.1) is 5.92 Å². The molecule has 0 heterocycles. The van der Waals surface area contributed by atoms with Crippen LogP contribution in [0.1, 0.15) is 32.6 Å². The molecule has 0 bridgehead atoms. The van der Waals surface area contributed by atoms with Gasteiger partial charge in [0, 0.05) is 0 Å². The summed E-state index contributed by atoms with van der Waals surface area (Å²) >= 11 is 0. The molecule has 0 saturated heterocycles. The van der Waals surface area contributed by atoms with Crippen LogP contribution in [0.5, 0.6) is 0 Å². The van der Waals surface area contributed by atoms with Crippen LogP contribution >= 0.6 is 0 Å². The van der Waals surface area contributed by atoms with E-state index in [0.29, 0.717) is 12.0 Å². The number of ether oxygens (including phenoxy) is 1. The average molecular weight is 179 g/mol. The van der Waals surface area contributed by atoms with Crippen molar-refractivity contribution in [2.45, 2.75) is 38.7 Å². The summed E-state index contributed by atoms with van der Waals surface area (Å²) in [5.41, 5.74) is 6.87. The van der Waals surface area contributed by atoms with Gasteiger partial charge in [-0.1, -0.05) is 13.0 Å². The topological polar surface area (TPSA) is 35.2 Å². The Bertz CT molecular complexity index is 251. The summed E-state index contributed by atoms with van der Waals surface area (Å²) in [4.78, 5) is 0. The summed E-state index contributed by atoms with van der Waals surface area (Å²) in [5, 5.41) is 0. The molecule has 0 aromatic rings. The average Bonchev–Trinajstić information content (AvgIpc) is 2.85. The zero-order valence-corrected chi connectivity index (χ0v) is 8.12. The fourth-order valence-corrected chi connectivity index (χ4v) is 1.55. The van der Waals surface area contributed by atoms with Gasteiger partial charge in [0.2, 0.25) is 0 Å². The Kier molecular flexibility index (Phi) is 2.30. The monoisotopic (exact) mass is 179 g/mol. The minimum atomic E-state index is 0.451. The van der Waals surface area contributed by atoms with Crippen LogP contribution in [0.4, 0.5) is 0 Å². The van der Waals surface area contributed by atoms with Crippen molar-refractivity contribution in [3.63, 3.8) is 0 Å². The van der Waals surface area contributed by atoms with Gasteiger partial charge in [-0.2, -0.15) is 0 Å². The zero-order valence-electron chi connectivity index (χ0n) is 8.12. The molecular formula is C11H17NO. The van der Waals surface area contributed by atoms with Crippen molar-refractivity contribution in [2.75, 3.05) is 0 Å². The summed E-state index contributed by atoms with van der Waals surface area (Å²) in [5.74, 6) is 1.57. The number of rotatable bonds is 2. The second-order valence-electron chi connectivity index (χ2n) is 4.15. The Morgan fingerprint density at radius 1 is 1.46 bits per heavy atom. The van der Waals surface area contributed by atoms with E-state index < -0.39 is 0 Å². The Morgan fingerprint density at radius 3 is 2.92 bits per heavy atom. The molecule has 2 heteroatoms. The van der Waals surface area contributed by atoms with Gasteiger partial charge in [0.15, 0.2) is 0 Å². The quantitative estimate of drug-likeness (QED) is 0.706. The first-order valence-corrected chi connectivity index (χ1v) is 5.07. The van der Waals surface area contributed by atoms with E-state index in [4.69, 9.17) is 10.5 Å². The maximum absolute atomic E-state index is 5.95. The minimum absolute atomic E-state index is 0.451. The highest BCUT2D eigenvalue weighted by Gasteiger charge is 2.25. The highest BCUT2D eigenvalue weighted by molar-refractivity contribution is 5.21. The second-order valence-corrected chi connectivity index (χ2v) is 4.15. The Hall–Kier alpha value is -0.920. The van der Waals surface area contributed by atoms with Crippen molar-refractivity contribution in [2.24, 2.45) is 11.7 Å². The molecule has 72 valence electrons. The SMILES string of the molecule is CC1CC=CC(OC2CC2)=C(N)C1. The van der Waals surface area contributed by atoms with Gasteiger partial charge < -0.3 is 10.5 Å². The van der Waals surface area contributed by atoms with Crippen LogP contribution in [0.25, 0.3) is 0 Å². The summed E-state index contributed by atoms with van der Waals surface area (Å²) in [6.07, 6.45) is 9.12. The Balaban J connectivity index is 2.06. The van der Waals surface area contributed by atoms with Gasteiger partial charge in [-0.05, 0) is 37.7 Å². The Labute approximate surface area is 79.5 Å². The second kappa shape index (κ2) is 3.44. The first kappa shape index (κ1) is 8.67. The molecule has 0 amide bonds. The van der Waals surface area contributed by atoms with E-state index in [1.807, 2.05) is 6.08 Å².